The number of benzene rings is 1. The molecule has 0 aliphatic rings. The highest BCUT2D eigenvalue weighted by Gasteiger charge is 2.15. The van der Waals surface area contributed by atoms with Crippen molar-refractivity contribution in [3.63, 3.8) is 0 Å². The van der Waals surface area contributed by atoms with Crippen LogP contribution in [0.4, 0.5) is 14.6 Å². The molecule has 8 heteroatoms. The Bertz CT molecular complexity index is 749. The summed E-state index contributed by atoms with van der Waals surface area (Å²) < 4.78 is 50.8. The molecule has 5 nitrogen and oxygen atoms in total. The van der Waals surface area contributed by atoms with E-state index in [-0.39, 0.29) is 28.7 Å². The van der Waals surface area contributed by atoms with Gasteiger partial charge in [-0.15, -0.1) is 0 Å². The van der Waals surface area contributed by atoms with Crippen LogP contribution in [0.2, 0.25) is 0 Å². The van der Waals surface area contributed by atoms with Gasteiger partial charge in [0.1, 0.15) is 12.1 Å². The molecule has 1 N–H and O–H groups in total. The van der Waals surface area contributed by atoms with Crippen LogP contribution in [0, 0.1) is 11.6 Å². The van der Waals surface area contributed by atoms with Crippen LogP contribution < -0.4 is 5.32 Å². The number of nitrogens with one attached hydrogen (secondary N) is 1. The lowest BCUT2D eigenvalue weighted by molar-refractivity contribution is 0.591. The predicted octanol–water partition coefficient (Wildman–Crippen LogP) is 2.20. The standard InChI is InChI=1S/C14H15F2N3O2S/c1-2-12-13(16)14(19-9-18-12)17-7-8-22(20,21)11-5-3-10(15)4-6-11/h3-6,9H,2,7-8H2,1H3,(H,17,18,19). The Labute approximate surface area is 127 Å². The van der Waals surface area contributed by atoms with E-state index in [1.54, 1.807) is 6.92 Å². The van der Waals surface area contributed by atoms with Crippen molar-refractivity contribution in [1.29, 1.82) is 0 Å². The largest absolute Gasteiger partial charge is 0.366 e. The summed E-state index contributed by atoms with van der Waals surface area (Å²) in [6.45, 7) is 1.74. The molecule has 0 saturated heterocycles. The summed E-state index contributed by atoms with van der Waals surface area (Å²) in [5.41, 5.74) is 0.263. The van der Waals surface area contributed by atoms with Crippen LogP contribution in [-0.4, -0.2) is 30.7 Å². The first-order chi connectivity index (χ1) is 10.4. The monoisotopic (exact) mass is 327 g/mol. The minimum absolute atomic E-state index is 0.0171. The Morgan fingerprint density at radius 2 is 1.82 bits per heavy atom. The molecule has 1 aromatic carbocycles. The molecule has 0 saturated carbocycles. The number of anilines is 1. The molecule has 0 amide bonds. The topological polar surface area (TPSA) is 72.0 Å². The van der Waals surface area contributed by atoms with Crippen molar-refractivity contribution in [3.8, 4) is 0 Å². The van der Waals surface area contributed by atoms with Gasteiger partial charge in [0.25, 0.3) is 0 Å². The molecule has 0 unspecified atom stereocenters. The normalized spacial score (nSPS) is 11.4. The molecule has 0 aliphatic heterocycles. The summed E-state index contributed by atoms with van der Waals surface area (Å²) in [5.74, 6) is -1.37. The zero-order valence-corrected chi connectivity index (χ0v) is 12.7. The molecule has 1 heterocycles. The maximum absolute atomic E-state index is 13.9. The smallest absolute Gasteiger partial charge is 0.186 e. The van der Waals surface area contributed by atoms with Gasteiger partial charge in [-0.25, -0.2) is 27.2 Å². The Morgan fingerprint density at radius 1 is 1.14 bits per heavy atom. The third-order valence-electron chi connectivity index (χ3n) is 3.03. The van der Waals surface area contributed by atoms with Gasteiger partial charge in [0.15, 0.2) is 21.5 Å². The van der Waals surface area contributed by atoms with E-state index in [1.807, 2.05) is 0 Å². The summed E-state index contributed by atoms with van der Waals surface area (Å²) in [7, 11) is -3.57. The second-order valence-corrected chi connectivity index (χ2v) is 6.65. The van der Waals surface area contributed by atoms with Crippen LogP contribution >= 0.6 is 0 Å². The number of nitrogens with zero attached hydrogens (tertiary/aromatic N) is 2. The van der Waals surface area contributed by atoms with Gasteiger partial charge in [0.2, 0.25) is 0 Å². The highest BCUT2D eigenvalue weighted by molar-refractivity contribution is 7.91. The molecule has 2 rings (SSSR count). The molecule has 0 bridgehead atoms. The van der Waals surface area contributed by atoms with Gasteiger partial charge in [-0.05, 0) is 30.7 Å². The maximum Gasteiger partial charge on any atom is 0.186 e. The molecule has 0 fully saturated rings. The predicted molar refractivity (Wildman–Crippen MR) is 78.3 cm³/mol. The highest BCUT2D eigenvalue weighted by atomic mass is 32.2. The third-order valence-corrected chi connectivity index (χ3v) is 4.76. The lowest BCUT2D eigenvalue weighted by Crippen LogP contribution is -2.17. The first-order valence-corrected chi connectivity index (χ1v) is 8.31. The van der Waals surface area contributed by atoms with E-state index in [2.05, 4.69) is 15.3 Å². The number of halogens is 2. The van der Waals surface area contributed by atoms with Gasteiger partial charge in [-0.1, -0.05) is 6.92 Å². The third kappa shape index (κ3) is 3.76. The van der Waals surface area contributed by atoms with E-state index in [9.17, 15) is 17.2 Å². The fraction of sp³-hybridized carbons (Fsp3) is 0.286. The Balaban J connectivity index is 2.03. The van der Waals surface area contributed by atoms with Gasteiger partial charge in [0.05, 0.1) is 16.3 Å². The van der Waals surface area contributed by atoms with E-state index in [0.717, 1.165) is 12.1 Å². The highest BCUT2D eigenvalue weighted by Crippen LogP contribution is 2.14. The summed E-state index contributed by atoms with van der Waals surface area (Å²) >= 11 is 0. The molecule has 0 atom stereocenters. The van der Waals surface area contributed by atoms with Crippen molar-refractivity contribution in [2.24, 2.45) is 0 Å². The molecule has 22 heavy (non-hydrogen) atoms. The minimum atomic E-state index is -3.57. The average molecular weight is 327 g/mol. The van der Waals surface area contributed by atoms with Crippen LogP contribution in [0.3, 0.4) is 0 Å². The Morgan fingerprint density at radius 3 is 2.45 bits per heavy atom. The molecule has 118 valence electrons. The second kappa shape index (κ2) is 6.78. The zero-order valence-electron chi connectivity index (χ0n) is 11.9. The SMILES string of the molecule is CCc1ncnc(NCCS(=O)(=O)c2ccc(F)cc2)c1F. The Hall–Kier alpha value is -2.09. The van der Waals surface area contributed by atoms with Crippen molar-refractivity contribution in [3.05, 3.63) is 47.9 Å². The first kappa shape index (κ1) is 16.3. The molecule has 0 spiro atoms. The van der Waals surface area contributed by atoms with Crippen molar-refractivity contribution < 1.29 is 17.2 Å². The average Bonchev–Trinajstić information content (AvgIpc) is 2.49. The number of sulfone groups is 1. The van der Waals surface area contributed by atoms with Crippen LogP contribution in [0.25, 0.3) is 0 Å². The van der Waals surface area contributed by atoms with Gasteiger partial charge in [-0.2, -0.15) is 0 Å². The fourth-order valence-corrected chi connectivity index (χ4v) is 3.00. The van der Waals surface area contributed by atoms with Crippen LogP contribution in [0.15, 0.2) is 35.5 Å². The van der Waals surface area contributed by atoms with E-state index in [0.29, 0.717) is 6.42 Å². The quantitative estimate of drug-likeness (QED) is 0.824. The van der Waals surface area contributed by atoms with Crippen molar-refractivity contribution in [1.82, 2.24) is 9.97 Å². The van der Waals surface area contributed by atoms with Crippen LogP contribution in [0.5, 0.6) is 0 Å². The first-order valence-electron chi connectivity index (χ1n) is 6.65. The summed E-state index contributed by atoms with van der Waals surface area (Å²) in [6, 6.07) is 4.56. The van der Waals surface area contributed by atoms with E-state index in [1.165, 1.54) is 18.5 Å². The number of aryl methyl sites for hydroxylation is 1. The summed E-state index contributed by atoms with van der Waals surface area (Å²) in [4.78, 5) is 7.56. The summed E-state index contributed by atoms with van der Waals surface area (Å²) in [5, 5.41) is 2.65. The molecule has 0 aliphatic carbocycles. The molecule has 0 radical (unpaired) electrons. The minimum Gasteiger partial charge on any atom is -0.366 e. The van der Waals surface area contributed by atoms with Crippen molar-refractivity contribution >= 4 is 15.7 Å². The van der Waals surface area contributed by atoms with E-state index >= 15 is 0 Å². The van der Waals surface area contributed by atoms with Gasteiger partial charge in [-0.3, -0.25) is 0 Å². The lowest BCUT2D eigenvalue weighted by Gasteiger charge is -2.09. The molecular weight excluding hydrogens is 312 g/mol. The number of aromatic nitrogens is 2. The molecule has 1 aromatic heterocycles. The van der Waals surface area contributed by atoms with Crippen molar-refractivity contribution in [2.45, 2.75) is 18.2 Å². The van der Waals surface area contributed by atoms with Crippen LogP contribution in [-0.2, 0) is 16.3 Å². The number of rotatable bonds is 6. The van der Waals surface area contributed by atoms with E-state index < -0.39 is 21.5 Å². The lowest BCUT2D eigenvalue weighted by atomic mass is 10.3. The second-order valence-electron chi connectivity index (χ2n) is 4.54. The zero-order chi connectivity index (χ0) is 16.2. The fourth-order valence-electron chi connectivity index (χ4n) is 1.84. The molecular formula is C14H15F2N3O2S. The van der Waals surface area contributed by atoms with Crippen LogP contribution in [0.1, 0.15) is 12.6 Å². The number of hydrogen-bond acceptors (Lipinski definition) is 5. The van der Waals surface area contributed by atoms with Gasteiger partial charge >= 0.3 is 0 Å². The Kier molecular flexibility index (Phi) is 5.02. The maximum atomic E-state index is 13.9. The van der Waals surface area contributed by atoms with Gasteiger partial charge in [0, 0.05) is 6.54 Å². The van der Waals surface area contributed by atoms with E-state index in [4.69, 9.17) is 0 Å². The summed E-state index contributed by atoms with van der Waals surface area (Å²) in [6.07, 6.45) is 1.63. The molecule has 2 aromatic rings. The van der Waals surface area contributed by atoms with Crippen molar-refractivity contribution in [2.75, 3.05) is 17.6 Å². The number of hydrogen-bond donors (Lipinski definition) is 1. The van der Waals surface area contributed by atoms with Gasteiger partial charge < -0.3 is 5.32 Å².